The van der Waals surface area contributed by atoms with Crippen LogP contribution >= 0.6 is 0 Å². The van der Waals surface area contributed by atoms with Gasteiger partial charge in [0.2, 0.25) is 0 Å². The lowest BCUT2D eigenvalue weighted by Crippen LogP contribution is -2.29. The van der Waals surface area contributed by atoms with Gasteiger partial charge in [-0.1, -0.05) is 12.1 Å². The number of aryl methyl sites for hydroxylation is 2. The van der Waals surface area contributed by atoms with Crippen LogP contribution in [-0.2, 0) is 0 Å². The van der Waals surface area contributed by atoms with Gasteiger partial charge in [0.15, 0.2) is 0 Å². The van der Waals surface area contributed by atoms with Crippen molar-refractivity contribution in [2.45, 2.75) is 32.7 Å². The average Bonchev–Trinajstić information content (AvgIpc) is 3.21. The molecule has 0 atom stereocenters. The van der Waals surface area contributed by atoms with Crippen LogP contribution in [0.3, 0.4) is 0 Å². The molecule has 3 N–H and O–H groups in total. The molecule has 0 aliphatic carbocycles. The predicted molar refractivity (Wildman–Crippen MR) is 128 cm³/mol. The Labute approximate surface area is 191 Å². The minimum Gasteiger partial charge on any atom is -0.383 e. The number of piperidine rings is 1. The molecular formula is C26H25FN6. The normalized spacial score (nSPS) is 14.5. The van der Waals surface area contributed by atoms with E-state index < -0.39 is 0 Å². The maximum Gasteiger partial charge on any atom is 0.131 e. The summed E-state index contributed by atoms with van der Waals surface area (Å²) < 4.78 is 16.9. The number of halogens is 1. The van der Waals surface area contributed by atoms with Gasteiger partial charge < -0.3 is 11.1 Å². The number of nitrogens with one attached hydrogen (secondary N) is 1. The van der Waals surface area contributed by atoms with Crippen LogP contribution in [0.4, 0.5) is 10.2 Å². The van der Waals surface area contributed by atoms with E-state index in [1.54, 1.807) is 18.3 Å². The second-order valence-corrected chi connectivity index (χ2v) is 8.63. The number of hydrogen-bond acceptors (Lipinski definition) is 5. The molecule has 166 valence electrons. The van der Waals surface area contributed by atoms with Crippen LogP contribution in [-0.4, -0.2) is 27.9 Å². The molecule has 6 nitrogen and oxygen atoms in total. The summed E-state index contributed by atoms with van der Waals surface area (Å²) >= 11 is 0. The highest BCUT2D eigenvalue weighted by molar-refractivity contribution is 6.04. The standard InChI is InChI=1S/C26H25FN6/c1-15-4-3-5-24(27)25(15)19-11-20-21(10-17(19)12-28)26(29)31-13-22(20)23-14-33(32-16(23)2)18-6-8-30-9-7-18/h3-5,10-11,13-14,18,30H,6-9H2,1-2H3,(H2,29,31). The number of pyridine rings is 1. The van der Waals surface area contributed by atoms with Gasteiger partial charge >= 0.3 is 0 Å². The van der Waals surface area contributed by atoms with E-state index in [-0.39, 0.29) is 5.82 Å². The molecule has 1 fully saturated rings. The average molecular weight is 441 g/mol. The molecule has 2 aromatic heterocycles. The highest BCUT2D eigenvalue weighted by atomic mass is 19.1. The monoisotopic (exact) mass is 440 g/mol. The topological polar surface area (TPSA) is 92.6 Å². The molecule has 0 amide bonds. The van der Waals surface area contributed by atoms with Crippen molar-refractivity contribution in [1.82, 2.24) is 20.1 Å². The van der Waals surface area contributed by atoms with Crippen LogP contribution in [0.25, 0.3) is 33.0 Å². The van der Waals surface area contributed by atoms with E-state index >= 15 is 0 Å². The van der Waals surface area contributed by atoms with Gasteiger partial charge in [-0.25, -0.2) is 9.37 Å². The number of benzene rings is 2. The minimum atomic E-state index is -0.357. The van der Waals surface area contributed by atoms with Gasteiger partial charge in [-0.05, 0) is 68.9 Å². The van der Waals surface area contributed by atoms with Crippen LogP contribution in [0.5, 0.6) is 0 Å². The number of hydrogen-bond donors (Lipinski definition) is 2. The zero-order chi connectivity index (χ0) is 23.1. The molecule has 0 saturated carbocycles. The molecule has 1 aliphatic rings. The fourth-order valence-electron chi connectivity index (χ4n) is 4.80. The van der Waals surface area contributed by atoms with Gasteiger partial charge in [-0.3, -0.25) is 4.68 Å². The van der Waals surface area contributed by atoms with Gasteiger partial charge in [0.05, 0.1) is 23.4 Å². The number of anilines is 1. The zero-order valence-corrected chi connectivity index (χ0v) is 18.7. The molecule has 0 unspecified atom stereocenters. The third-order valence-electron chi connectivity index (χ3n) is 6.56. The Kier molecular flexibility index (Phi) is 5.31. The summed E-state index contributed by atoms with van der Waals surface area (Å²) in [5, 5.41) is 19.5. The third kappa shape index (κ3) is 3.62. The number of nitrogens with zero attached hydrogens (tertiary/aromatic N) is 4. The molecule has 1 saturated heterocycles. The molecule has 0 radical (unpaired) electrons. The van der Waals surface area contributed by atoms with Gasteiger partial charge in [0.1, 0.15) is 11.6 Å². The second kappa shape index (κ2) is 8.30. The van der Waals surface area contributed by atoms with Crippen LogP contribution in [0.2, 0.25) is 0 Å². The smallest absolute Gasteiger partial charge is 0.131 e. The van der Waals surface area contributed by atoms with Crippen molar-refractivity contribution >= 4 is 16.6 Å². The van der Waals surface area contributed by atoms with Gasteiger partial charge in [-0.2, -0.15) is 10.4 Å². The molecule has 3 heterocycles. The van der Waals surface area contributed by atoms with Crippen molar-refractivity contribution in [2.24, 2.45) is 0 Å². The predicted octanol–water partition coefficient (Wildman–Crippen LogP) is 4.90. The first-order chi connectivity index (χ1) is 16.0. The summed E-state index contributed by atoms with van der Waals surface area (Å²) in [6.45, 7) is 5.79. The first-order valence-corrected chi connectivity index (χ1v) is 11.1. The molecule has 1 aliphatic heterocycles. The summed E-state index contributed by atoms with van der Waals surface area (Å²) in [5.41, 5.74) is 11.1. The number of rotatable bonds is 3. The maximum atomic E-state index is 14.9. The minimum absolute atomic E-state index is 0.338. The molecule has 33 heavy (non-hydrogen) atoms. The van der Waals surface area contributed by atoms with Crippen molar-refractivity contribution in [3.05, 3.63) is 65.4 Å². The maximum absolute atomic E-state index is 14.9. The van der Waals surface area contributed by atoms with E-state index in [4.69, 9.17) is 10.8 Å². The molecule has 0 spiro atoms. The number of nitriles is 1. The first kappa shape index (κ1) is 21.1. The quantitative estimate of drug-likeness (QED) is 0.473. The number of aromatic nitrogens is 3. The van der Waals surface area contributed by atoms with Crippen molar-refractivity contribution in [3.63, 3.8) is 0 Å². The molecule has 2 aromatic carbocycles. The van der Waals surface area contributed by atoms with E-state index in [0.29, 0.717) is 33.9 Å². The van der Waals surface area contributed by atoms with E-state index in [9.17, 15) is 9.65 Å². The van der Waals surface area contributed by atoms with Crippen LogP contribution in [0.1, 0.15) is 35.7 Å². The van der Waals surface area contributed by atoms with E-state index in [2.05, 4.69) is 27.2 Å². The number of nitrogens with two attached hydrogens (primary N) is 1. The first-order valence-electron chi connectivity index (χ1n) is 11.1. The lowest BCUT2D eigenvalue weighted by molar-refractivity contribution is 0.342. The Morgan fingerprint density at radius 2 is 1.91 bits per heavy atom. The molecule has 0 bridgehead atoms. The summed E-state index contributed by atoms with van der Waals surface area (Å²) in [6.07, 6.45) is 5.88. The van der Waals surface area contributed by atoms with Gasteiger partial charge in [-0.15, -0.1) is 0 Å². The van der Waals surface area contributed by atoms with E-state index in [1.807, 2.05) is 26.0 Å². The highest BCUT2D eigenvalue weighted by Gasteiger charge is 2.21. The summed E-state index contributed by atoms with van der Waals surface area (Å²) in [6, 6.07) is 11.1. The van der Waals surface area contributed by atoms with Crippen LogP contribution < -0.4 is 11.1 Å². The number of nitrogen functional groups attached to an aromatic ring is 1. The van der Waals surface area contributed by atoms with E-state index in [1.165, 1.54) is 6.07 Å². The summed E-state index contributed by atoms with van der Waals surface area (Å²) in [5.74, 6) is -0.0187. The molecular weight excluding hydrogens is 415 g/mol. The van der Waals surface area contributed by atoms with E-state index in [0.717, 1.165) is 53.7 Å². The fourth-order valence-corrected chi connectivity index (χ4v) is 4.80. The van der Waals surface area contributed by atoms with Crippen LogP contribution in [0, 0.1) is 31.0 Å². The van der Waals surface area contributed by atoms with Crippen molar-refractivity contribution in [3.8, 4) is 28.3 Å². The van der Waals surface area contributed by atoms with Gasteiger partial charge in [0, 0.05) is 40.0 Å². The van der Waals surface area contributed by atoms with Crippen LogP contribution in [0.15, 0.2) is 42.7 Å². The zero-order valence-electron chi connectivity index (χ0n) is 18.7. The van der Waals surface area contributed by atoms with Crippen molar-refractivity contribution in [2.75, 3.05) is 18.8 Å². The fraction of sp³-hybridized carbons (Fsp3) is 0.269. The second-order valence-electron chi connectivity index (χ2n) is 8.63. The Bertz CT molecular complexity index is 1390. The van der Waals surface area contributed by atoms with Crippen molar-refractivity contribution in [1.29, 1.82) is 5.26 Å². The lowest BCUT2D eigenvalue weighted by Gasteiger charge is -2.22. The molecule has 7 heteroatoms. The van der Waals surface area contributed by atoms with Crippen molar-refractivity contribution < 1.29 is 4.39 Å². The molecule has 5 rings (SSSR count). The Hall–Kier alpha value is -3.76. The highest BCUT2D eigenvalue weighted by Crippen LogP contribution is 2.39. The summed E-state index contributed by atoms with van der Waals surface area (Å²) in [7, 11) is 0. The summed E-state index contributed by atoms with van der Waals surface area (Å²) in [4.78, 5) is 4.41. The SMILES string of the molecule is Cc1cccc(F)c1-c1cc2c(-c3cn(C4CCNCC4)nc3C)cnc(N)c2cc1C#N. The largest absolute Gasteiger partial charge is 0.383 e. The number of fused-ring (bicyclic) bond motifs is 1. The Balaban J connectivity index is 1.74. The third-order valence-corrected chi connectivity index (χ3v) is 6.56. The Morgan fingerprint density at radius 3 is 2.64 bits per heavy atom. The molecule has 4 aromatic rings. The Morgan fingerprint density at radius 1 is 1.12 bits per heavy atom. The van der Waals surface area contributed by atoms with Gasteiger partial charge in [0.25, 0.3) is 0 Å². The lowest BCUT2D eigenvalue weighted by atomic mass is 9.91.